The van der Waals surface area contributed by atoms with Crippen molar-refractivity contribution in [1.82, 2.24) is 4.90 Å². The van der Waals surface area contributed by atoms with Crippen LogP contribution in [0.1, 0.15) is 28.8 Å². The molecule has 3 fully saturated rings. The summed E-state index contributed by atoms with van der Waals surface area (Å²) >= 11 is 6.31. The summed E-state index contributed by atoms with van der Waals surface area (Å²) < 4.78 is 4.87. The Balaban J connectivity index is 1.55. The second-order valence-electron chi connectivity index (χ2n) is 8.84. The lowest BCUT2D eigenvalue weighted by atomic mass is 9.75. The van der Waals surface area contributed by atoms with Gasteiger partial charge in [0.1, 0.15) is 5.54 Å². The first kappa shape index (κ1) is 20.4. The monoisotopic (exact) mass is 465 g/mol. The van der Waals surface area contributed by atoms with Gasteiger partial charge in [-0.05, 0) is 49.7 Å². The first-order chi connectivity index (χ1) is 15.9. The fraction of sp³-hybridized carbons (Fsp3) is 0.333. The number of benzene rings is 2. The van der Waals surface area contributed by atoms with E-state index in [-0.39, 0.29) is 23.2 Å². The zero-order chi connectivity index (χ0) is 23.1. The molecule has 8 nitrogen and oxygen atoms in total. The van der Waals surface area contributed by atoms with Crippen molar-refractivity contribution in [1.29, 1.82) is 0 Å². The molecule has 0 aromatic heterocycles. The maximum absolute atomic E-state index is 14.0. The van der Waals surface area contributed by atoms with E-state index < -0.39 is 35.2 Å². The number of hydrogen-bond donors (Lipinski definition) is 1. The number of nitrogens with one attached hydrogen (secondary N) is 1. The third kappa shape index (κ3) is 2.40. The molecule has 0 saturated carbocycles. The summed E-state index contributed by atoms with van der Waals surface area (Å²) in [7, 11) is 1.25. The van der Waals surface area contributed by atoms with Crippen molar-refractivity contribution in [2.45, 2.75) is 24.4 Å². The van der Waals surface area contributed by atoms with Gasteiger partial charge in [0.15, 0.2) is 0 Å². The first-order valence-electron chi connectivity index (χ1n) is 10.8. The lowest BCUT2D eigenvalue weighted by molar-refractivity contribution is -0.135. The van der Waals surface area contributed by atoms with Crippen LogP contribution in [0.15, 0.2) is 42.5 Å². The van der Waals surface area contributed by atoms with Crippen molar-refractivity contribution >= 4 is 46.7 Å². The number of esters is 1. The average molecular weight is 466 g/mol. The number of rotatable bonds is 2. The standard InChI is InChI=1S/C24H20ClN3O5/c1-33-22(31)13-5-2-3-6-16(13)28-20(29)18-17-7-4-10-27(17)24(19(18)21(28)30)14-11-12(25)8-9-15(14)26-23(24)32/h2-3,5-6,8-9,11,17-19H,4,7,10H2,1H3,(H,26,32)/t17-,18+,19-,24-/m0/s1. The Labute approximate surface area is 194 Å². The molecule has 0 radical (unpaired) electrons. The Morgan fingerprint density at radius 3 is 2.73 bits per heavy atom. The van der Waals surface area contributed by atoms with E-state index in [0.717, 1.165) is 11.3 Å². The fourth-order valence-electron chi connectivity index (χ4n) is 6.36. The molecule has 1 spiro atoms. The van der Waals surface area contributed by atoms with Gasteiger partial charge in [0.05, 0.1) is 30.2 Å². The third-order valence-electron chi connectivity index (χ3n) is 7.50. The summed E-state index contributed by atoms with van der Waals surface area (Å²) in [5.41, 5.74) is 0.220. The minimum atomic E-state index is -1.31. The van der Waals surface area contributed by atoms with E-state index >= 15 is 0 Å². The maximum Gasteiger partial charge on any atom is 0.339 e. The molecule has 0 bridgehead atoms. The number of anilines is 2. The Hall–Kier alpha value is -3.23. The van der Waals surface area contributed by atoms with Gasteiger partial charge in [-0.2, -0.15) is 0 Å². The Morgan fingerprint density at radius 1 is 1.15 bits per heavy atom. The number of methoxy groups -OCH3 is 1. The summed E-state index contributed by atoms with van der Waals surface area (Å²) in [6.45, 7) is 0.607. The van der Waals surface area contributed by atoms with Gasteiger partial charge in [-0.25, -0.2) is 9.69 Å². The normalized spacial score (nSPS) is 29.9. The molecule has 2 aromatic rings. The lowest BCUT2D eigenvalue weighted by Gasteiger charge is -2.36. The molecule has 2 aromatic carbocycles. The predicted molar refractivity (Wildman–Crippen MR) is 119 cm³/mol. The van der Waals surface area contributed by atoms with Crippen LogP contribution < -0.4 is 10.2 Å². The minimum Gasteiger partial charge on any atom is -0.465 e. The van der Waals surface area contributed by atoms with Gasteiger partial charge in [0, 0.05) is 22.3 Å². The highest BCUT2D eigenvalue weighted by molar-refractivity contribution is 6.31. The average Bonchev–Trinajstić information content (AvgIpc) is 3.52. The van der Waals surface area contributed by atoms with Gasteiger partial charge >= 0.3 is 5.97 Å². The van der Waals surface area contributed by atoms with Gasteiger partial charge in [-0.1, -0.05) is 23.7 Å². The molecule has 1 N–H and O–H groups in total. The molecule has 6 rings (SSSR count). The number of carbonyl (C=O) groups excluding carboxylic acids is 4. The molecular formula is C24H20ClN3O5. The number of halogens is 1. The molecule has 9 heteroatoms. The van der Waals surface area contributed by atoms with Crippen molar-refractivity contribution in [3.63, 3.8) is 0 Å². The quantitative estimate of drug-likeness (QED) is 0.541. The van der Waals surface area contributed by atoms with E-state index in [1.165, 1.54) is 13.2 Å². The Kier molecular flexibility index (Phi) is 4.25. The molecule has 3 amide bonds. The molecule has 33 heavy (non-hydrogen) atoms. The zero-order valence-corrected chi connectivity index (χ0v) is 18.5. The highest BCUT2D eigenvalue weighted by Crippen LogP contribution is 2.61. The summed E-state index contributed by atoms with van der Waals surface area (Å²) in [6, 6.07) is 11.3. The minimum absolute atomic E-state index is 0.123. The maximum atomic E-state index is 14.0. The second-order valence-corrected chi connectivity index (χ2v) is 9.27. The Bertz CT molecular complexity index is 1260. The van der Waals surface area contributed by atoms with Crippen LogP contribution in [0.2, 0.25) is 5.02 Å². The molecule has 4 heterocycles. The second kappa shape index (κ2) is 6.88. The van der Waals surface area contributed by atoms with Crippen LogP contribution in [0, 0.1) is 11.8 Å². The number of carbonyl (C=O) groups is 4. The number of ether oxygens (including phenoxy) is 1. The highest BCUT2D eigenvalue weighted by atomic mass is 35.5. The van der Waals surface area contributed by atoms with Gasteiger partial charge in [0.25, 0.3) is 0 Å². The Morgan fingerprint density at radius 2 is 1.94 bits per heavy atom. The van der Waals surface area contributed by atoms with Gasteiger partial charge in [-0.15, -0.1) is 0 Å². The summed E-state index contributed by atoms with van der Waals surface area (Å²) in [4.78, 5) is 56.9. The fourth-order valence-corrected chi connectivity index (χ4v) is 6.54. The zero-order valence-electron chi connectivity index (χ0n) is 17.7. The van der Waals surface area contributed by atoms with E-state index in [1.807, 2.05) is 4.90 Å². The van der Waals surface area contributed by atoms with E-state index in [9.17, 15) is 19.2 Å². The first-order valence-corrected chi connectivity index (χ1v) is 11.2. The summed E-state index contributed by atoms with van der Waals surface area (Å²) in [5, 5.41) is 3.37. The predicted octanol–water partition coefficient (Wildman–Crippen LogP) is 2.56. The van der Waals surface area contributed by atoms with Crippen molar-refractivity contribution in [3.8, 4) is 0 Å². The number of nitrogens with zero attached hydrogens (tertiary/aromatic N) is 2. The van der Waals surface area contributed by atoms with Gasteiger partial charge in [0.2, 0.25) is 17.7 Å². The van der Waals surface area contributed by atoms with Gasteiger partial charge < -0.3 is 10.1 Å². The lowest BCUT2D eigenvalue weighted by Crippen LogP contribution is -2.54. The summed E-state index contributed by atoms with van der Waals surface area (Å²) in [5.74, 6) is -3.45. The topological polar surface area (TPSA) is 96.0 Å². The van der Waals surface area contributed by atoms with Gasteiger partial charge in [-0.3, -0.25) is 19.3 Å². The molecule has 4 atom stereocenters. The molecule has 4 aliphatic rings. The van der Waals surface area contributed by atoms with Crippen molar-refractivity contribution in [2.75, 3.05) is 23.9 Å². The van der Waals surface area contributed by atoms with Crippen LogP contribution in [-0.2, 0) is 24.7 Å². The van der Waals surface area contributed by atoms with E-state index in [1.54, 1.807) is 36.4 Å². The van der Waals surface area contributed by atoms with E-state index in [2.05, 4.69) is 5.32 Å². The highest BCUT2D eigenvalue weighted by Gasteiger charge is 2.74. The molecular weight excluding hydrogens is 446 g/mol. The number of hydrogen-bond acceptors (Lipinski definition) is 6. The molecule has 3 saturated heterocycles. The van der Waals surface area contributed by atoms with Crippen molar-refractivity contribution in [2.24, 2.45) is 11.8 Å². The van der Waals surface area contributed by atoms with E-state index in [4.69, 9.17) is 16.3 Å². The smallest absolute Gasteiger partial charge is 0.339 e. The largest absolute Gasteiger partial charge is 0.465 e. The van der Waals surface area contributed by atoms with E-state index in [0.29, 0.717) is 29.2 Å². The van der Waals surface area contributed by atoms with Crippen LogP contribution >= 0.6 is 11.6 Å². The number of para-hydroxylation sites is 1. The number of imide groups is 1. The molecule has 168 valence electrons. The molecule has 0 aliphatic carbocycles. The SMILES string of the molecule is COC(=O)c1ccccc1N1C(=O)[C@H]2[C@@H](C1=O)[C@@]1(C(=O)Nc3ccc(Cl)cc31)N1CCC[C@@H]21. The van der Waals surface area contributed by atoms with Crippen LogP contribution in [0.5, 0.6) is 0 Å². The molecule has 4 aliphatic heterocycles. The molecule has 0 unspecified atom stereocenters. The van der Waals surface area contributed by atoms with Crippen LogP contribution in [0.3, 0.4) is 0 Å². The van der Waals surface area contributed by atoms with Crippen molar-refractivity contribution in [3.05, 3.63) is 58.6 Å². The number of fused-ring (bicyclic) bond motifs is 7. The summed E-state index contributed by atoms with van der Waals surface area (Å²) in [6.07, 6.45) is 1.52. The van der Waals surface area contributed by atoms with Crippen molar-refractivity contribution < 1.29 is 23.9 Å². The number of amides is 3. The third-order valence-corrected chi connectivity index (χ3v) is 7.74. The van der Waals surface area contributed by atoms with Crippen LogP contribution in [0.4, 0.5) is 11.4 Å². The van der Waals surface area contributed by atoms with Crippen LogP contribution in [0.25, 0.3) is 0 Å². The van der Waals surface area contributed by atoms with Crippen LogP contribution in [-0.4, -0.2) is 48.3 Å².